The van der Waals surface area contributed by atoms with Crippen molar-refractivity contribution in [3.05, 3.63) is 71.5 Å². The number of aromatic nitrogens is 2. The van der Waals surface area contributed by atoms with Crippen LogP contribution < -0.4 is 10.2 Å². The Kier molecular flexibility index (Phi) is 5.12. The van der Waals surface area contributed by atoms with Crippen LogP contribution in [0.2, 0.25) is 0 Å². The number of carbonyl (C=O) groups is 2. The molecule has 1 N–H and O–H groups in total. The summed E-state index contributed by atoms with van der Waals surface area (Å²) in [6.45, 7) is 2.42. The highest BCUT2D eigenvalue weighted by Crippen LogP contribution is 2.29. The number of nitrogens with one attached hydrogen (secondary N) is 1. The predicted octanol–water partition coefficient (Wildman–Crippen LogP) is 3.05. The monoisotopic (exact) mass is 392 g/mol. The summed E-state index contributed by atoms with van der Waals surface area (Å²) < 4.78 is 15.5. The third kappa shape index (κ3) is 3.89. The van der Waals surface area contributed by atoms with Gasteiger partial charge in [0.15, 0.2) is 0 Å². The number of hydrogen-bond donors (Lipinski definition) is 1. The normalized spacial score (nSPS) is 13.3. The lowest BCUT2D eigenvalue weighted by Crippen LogP contribution is -2.44. The Balaban J connectivity index is 1.51. The third-order valence-electron chi connectivity index (χ3n) is 5.03. The van der Waals surface area contributed by atoms with Gasteiger partial charge in [-0.3, -0.25) is 14.5 Å². The molecule has 0 saturated carbocycles. The molecule has 2 aromatic carbocycles. The Morgan fingerprint density at radius 3 is 2.72 bits per heavy atom. The Morgan fingerprint density at radius 1 is 1.17 bits per heavy atom. The van der Waals surface area contributed by atoms with E-state index in [9.17, 15) is 14.0 Å². The summed E-state index contributed by atoms with van der Waals surface area (Å²) in [6.07, 6.45) is 0.280. The van der Waals surface area contributed by atoms with Gasteiger partial charge < -0.3 is 5.32 Å². The molecule has 3 aromatic rings. The van der Waals surface area contributed by atoms with E-state index in [0.29, 0.717) is 17.9 Å². The molecule has 0 unspecified atom stereocenters. The molecule has 0 saturated heterocycles. The second kappa shape index (κ2) is 7.87. The predicted molar refractivity (Wildman–Crippen MR) is 108 cm³/mol. The molecule has 2 heterocycles. The van der Waals surface area contributed by atoms with E-state index >= 15 is 0 Å². The molecule has 148 valence electrons. The highest BCUT2D eigenvalue weighted by atomic mass is 19.1. The molecule has 7 heteroatoms. The summed E-state index contributed by atoms with van der Waals surface area (Å²) in [5.41, 5.74) is 3.25. The van der Waals surface area contributed by atoms with Crippen LogP contribution in [-0.2, 0) is 22.7 Å². The van der Waals surface area contributed by atoms with Crippen LogP contribution in [0.3, 0.4) is 0 Å². The molecular formula is C22H21FN4O2. The van der Waals surface area contributed by atoms with Gasteiger partial charge >= 0.3 is 0 Å². The zero-order chi connectivity index (χ0) is 20.4. The van der Waals surface area contributed by atoms with Gasteiger partial charge in [-0.05, 0) is 18.6 Å². The maximum absolute atomic E-state index is 13.7. The molecule has 1 aromatic heterocycles. The van der Waals surface area contributed by atoms with E-state index in [1.54, 1.807) is 22.9 Å². The van der Waals surface area contributed by atoms with Crippen LogP contribution in [0.15, 0.2) is 54.6 Å². The van der Waals surface area contributed by atoms with Crippen molar-refractivity contribution in [2.24, 2.45) is 0 Å². The van der Waals surface area contributed by atoms with Crippen molar-refractivity contribution in [3.63, 3.8) is 0 Å². The number of halogens is 1. The number of rotatable bonds is 5. The van der Waals surface area contributed by atoms with Crippen molar-refractivity contribution in [2.45, 2.75) is 26.4 Å². The van der Waals surface area contributed by atoms with Crippen LogP contribution in [0.25, 0.3) is 11.3 Å². The van der Waals surface area contributed by atoms with Gasteiger partial charge in [0.05, 0.1) is 12.2 Å². The minimum absolute atomic E-state index is 0.0707. The number of fused-ring (bicyclic) bond motifs is 1. The highest BCUT2D eigenvalue weighted by molar-refractivity contribution is 5.99. The van der Waals surface area contributed by atoms with E-state index < -0.39 is 0 Å². The number of anilines is 1. The molecule has 2 amide bonds. The highest BCUT2D eigenvalue weighted by Gasteiger charge is 2.28. The first-order chi connectivity index (χ1) is 14.0. The second-order valence-corrected chi connectivity index (χ2v) is 7.02. The van der Waals surface area contributed by atoms with E-state index in [0.717, 1.165) is 16.8 Å². The Labute approximate surface area is 167 Å². The first kappa shape index (κ1) is 18.9. The van der Waals surface area contributed by atoms with Gasteiger partial charge in [0.1, 0.15) is 18.2 Å². The Hall–Kier alpha value is -3.48. The fourth-order valence-electron chi connectivity index (χ4n) is 3.45. The molecule has 4 rings (SSSR count). The van der Waals surface area contributed by atoms with Gasteiger partial charge in [0.2, 0.25) is 11.8 Å². The van der Waals surface area contributed by atoms with Gasteiger partial charge in [0.25, 0.3) is 0 Å². The standard InChI is InChI=1S/C22H21FN4O2/c1-15-6-2-4-8-17(15)19-12-21-26(22(29)10-11-27(21)25-19)14-20(28)24-13-16-7-3-5-9-18(16)23/h2-9,12H,10-11,13-14H2,1H3,(H,24,28). The van der Waals surface area contributed by atoms with Crippen LogP contribution in [-0.4, -0.2) is 28.1 Å². The van der Waals surface area contributed by atoms with Gasteiger partial charge in [-0.25, -0.2) is 9.07 Å². The first-order valence-electron chi connectivity index (χ1n) is 9.47. The number of aryl methyl sites for hydroxylation is 2. The van der Waals surface area contributed by atoms with Crippen molar-refractivity contribution < 1.29 is 14.0 Å². The van der Waals surface area contributed by atoms with E-state index in [1.807, 2.05) is 37.3 Å². The third-order valence-corrected chi connectivity index (χ3v) is 5.03. The number of carbonyl (C=O) groups excluding carboxylic acids is 2. The minimum atomic E-state index is -0.372. The molecule has 0 spiro atoms. The van der Waals surface area contributed by atoms with Gasteiger partial charge in [-0.2, -0.15) is 5.10 Å². The quantitative estimate of drug-likeness (QED) is 0.726. The van der Waals surface area contributed by atoms with Gasteiger partial charge in [-0.1, -0.05) is 42.5 Å². The fourth-order valence-corrected chi connectivity index (χ4v) is 3.45. The molecule has 1 aliphatic rings. The zero-order valence-corrected chi connectivity index (χ0v) is 16.1. The smallest absolute Gasteiger partial charge is 0.240 e. The minimum Gasteiger partial charge on any atom is -0.350 e. The van der Waals surface area contributed by atoms with E-state index in [-0.39, 0.29) is 37.1 Å². The van der Waals surface area contributed by atoms with Crippen LogP contribution in [0.5, 0.6) is 0 Å². The molecule has 0 aliphatic carbocycles. The topological polar surface area (TPSA) is 67.2 Å². The molecule has 0 atom stereocenters. The summed E-state index contributed by atoms with van der Waals surface area (Å²) in [7, 11) is 0. The Morgan fingerprint density at radius 2 is 1.93 bits per heavy atom. The Bertz CT molecular complexity index is 1080. The number of benzene rings is 2. The molecular weight excluding hydrogens is 371 g/mol. The lowest BCUT2D eigenvalue weighted by atomic mass is 10.1. The second-order valence-electron chi connectivity index (χ2n) is 7.02. The fraction of sp³-hybridized carbons (Fsp3) is 0.227. The van der Waals surface area contributed by atoms with Crippen molar-refractivity contribution in [2.75, 3.05) is 11.4 Å². The van der Waals surface area contributed by atoms with E-state index in [2.05, 4.69) is 10.4 Å². The van der Waals surface area contributed by atoms with Crippen LogP contribution in [0.1, 0.15) is 17.5 Å². The van der Waals surface area contributed by atoms with Gasteiger partial charge in [0, 0.05) is 30.2 Å². The maximum atomic E-state index is 13.7. The molecule has 6 nitrogen and oxygen atoms in total. The molecule has 0 bridgehead atoms. The molecule has 0 fully saturated rings. The number of hydrogen-bond acceptors (Lipinski definition) is 3. The van der Waals surface area contributed by atoms with Crippen molar-refractivity contribution in [1.29, 1.82) is 0 Å². The zero-order valence-electron chi connectivity index (χ0n) is 16.1. The molecule has 0 radical (unpaired) electrons. The average Bonchev–Trinajstić information content (AvgIpc) is 3.14. The van der Waals surface area contributed by atoms with E-state index in [1.165, 1.54) is 11.0 Å². The number of nitrogens with zero attached hydrogens (tertiary/aromatic N) is 3. The summed E-state index contributed by atoms with van der Waals surface area (Å²) >= 11 is 0. The first-order valence-corrected chi connectivity index (χ1v) is 9.47. The van der Waals surface area contributed by atoms with Crippen molar-refractivity contribution in [1.82, 2.24) is 15.1 Å². The number of amides is 2. The lowest BCUT2D eigenvalue weighted by molar-refractivity contribution is -0.124. The lowest BCUT2D eigenvalue weighted by Gasteiger charge is -2.26. The summed E-state index contributed by atoms with van der Waals surface area (Å²) in [6, 6.07) is 16.0. The maximum Gasteiger partial charge on any atom is 0.240 e. The van der Waals surface area contributed by atoms with Crippen molar-refractivity contribution in [3.8, 4) is 11.3 Å². The van der Waals surface area contributed by atoms with Crippen LogP contribution in [0, 0.1) is 12.7 Å². The van der Waals surface area contributed by atoms with E-state index in [4.69, 9.17) is 0 Å². The summed E-state index contributed by atoms with van der Waals surface area (Å²) in [4.78, 5) is 26.3. The molecule has 1 aliphatic heterocycles. The van der Waals surface area contributed by atoms with Crippen LogP contribution >= 0.6 is 0 Å². The summed E-state index contributed by atoms with van der Waals surface area (Å²) in [5, 5.41) is 7.30. The SMILES string of the molecule is Cc1ccccc1-c1cc2n(n1)CCC(=O)N2CC(=O)NCc1ccccc1F. The summed E-state index contributed by atoms with van der Waals surface area (Å²) in [5.74, 6) is -0.258. The molecule has 29 heavy (non-hydrogen) atoms. The average molecular weight is 392 g/mol. The van der Waals surface area contributed by atoms with Crippen LogP contribution in [0.4, 0.5) is 10.2 Å². The van der Waals surface area contributed by atoms with Gasteiger partial charge in [-0.15, -0.1) is 0 Å². The van der Waals surface area contributed by atoms with Crippen molar-refractivity contribution >= 4 is 17.6 Å². The largest absolute Gasteiger partial charge is 0.350 e.